The summed E-state index contributed by atoms with van der Waals surface area (Å²) < 4.78 is 14.0. The van der Waals surface area contributed by atoms with E-state index in [2.05, 4.69) is 6.07 Å². The zero-order valence-electron chi connectivity index (χ0n) is 11.2. The minimum atomic E-state index is -1.25. The maximum atomic E-state index is 14.0. The molecule has 2 aromatic carbocycles. The van der Waals surface area contributed by atoms with E-state index < -0.39 is 17.3 Å². The molecule has 1 N–H and O–H groups in total. The number of fused-ring (bicyclic) bond motifs is 1. The van der Waals surface area contributed by atoms with Crippen molar-refractivity contribution in [3.8, 4) is 6.07 Å². The maximum absolute atomic E-state index is 14.0. The molecule has 2 aromatic rings. The van der Waals surface area contributed by atoms with Crippen LogP contribution in [0.4, 0.5) is 4.39 Å². The Kier molecular flexibility index (Phi) is 3.44. The first-order valence-electron chi connectivity index (χ1n) is 6.71. The minimum Gasteiger partial charge on any atom is -0.386 e. The molecular formula is C17H13ClFNO. The summed E-state index contributed by atoms with van der Waals surface area (Å²) in [5.41, 5.74) is 0.753. The van der Waals surface area contributed by atoms with Crippen molar-refractivity contribution < 1.29 is 9.50 Å². The Balaban J connectivity index is 2.14. The van der Waals surface area contributed by atoms with E-state index in [0.29, 0.717) is 17.9 Å². The van der Waals surface area contributed by atoms with Crippen molar-refractivity contribution in [1.29, 1.82) is 5.26 Å². The van der Waals surface area contributed by atoms with Gasteiger partial charge in [-0.2, -0.15) is 5.26 Å². The molecule has 2 nitrogen and oxygen atoms in total. The second-order valence-corrected chi connectivity index (χ2v) is 5.75. The van der Waals surface area contributed by atoms with Crippen LogP contribution in [0.5, 0.6) is 0 Å². The lowest BCUT2D eigenvalue weighted by Gasteiger charge is -2.29. The number of aryl methyl sites for hydroxylation is 1. The molecule has 0 fully saturated rings. The van der Waals surface area contributed by atoms with Gasteiger partial charge >= 0.3 is 0 Å². The molecule has 0 radical (unpaired) electrons. The van der Waals surface area contributed by atoms with E-state index in [4.69, 9.17) is 11.6 Å². The number of hydrogen-bond acceptors (Lipinski definition) is 2. The molecule has 0 amide bonds. The number of rotatable bonds is 2. The van der Waals surface area contributed by atoms with Crippen LogP contribution in [-0.4, -0.2) is 5.11 Å². The predicted molar refractivity (Wildman–Crippen MR) is 78.4 cm³/mol. The zero-order chi connectivity index (χ0) is 15.0. The molecule has 0 aromatic heterocycles. The van der Waals surface area contributed by atoms with E-state index in [0.717, 1.165) is 11.1 Å². The number of halogens is 2. The number of benzene rings is 2. The largest absolute Gasteiger partial charge is 0.386 e. The molecule has 0 bridgehead atoms. The molecule has 4 heteroatoms. The number of nitrogens with zero attached hydrogens (tertiary/aromatic N) is 1. The van der Waals surface area contributed by atoms with E-state index in [-0.39, 0.29) is 5.56 Å². The summed E-state index contributed by atoms with van der Waals surface area (Å²) in [7, 11) is 0. The van der Waals surface area contributed by atoms with Crippen LogP contribution in [0, 0.1) is 17.1 Å². The van der Waals surface area contributed by atoms with E-state index in [1.807, 2.05) is 24.3 Å². The molecule has 0 spiro atoms. The fourth-order valence-electron chi connectivity index (χ4n) is 3.09. The van der Waals surface area contributed by atoms with Gasteiger partial charge in [0.05, 0.1) is 6.07 Å². The van der Waals surface area contributed by atoms with Gasteiger partial charge in [-0.1, -0.05) is 35.9 Å². The topological polar surface area (TPSA) is 44.0 Å². The van der Waals surface area contributed by atoms with Crippen LogP contribution in [0.2, 0.25) is 5.02 Å². The van der Waals surface area contributed by atoms with Crippen molar-refractivity contribution >= 4 is 11.6 Å². The lowest BCUT2D eigenvalue weighted by Crippen LogP contribution is -2.30. The number of hydrogen-bond donors (Lipinski definition) is 1. The second-order valence-electron chi connectivity index (χ2n) is 5.31. The van der Waals surface area contributed by atoms with Crippen LogP contribution >= 0.6 is 11.6 Å². The molecule has 0 aliphatic heterocycles. The SMILES string of the molecule is N#CC1(C(O)c2cc(Cl)ccc2F)CCc2ccccc21. The molecule has 0 saturated carbocycles. The van der Waals surface area contributed by atoms with Gasteiger partial charge < -0.3 is 5.11 Å². The third kappa shape index (κ3) is 2.12. The van der Waals surface area contributed by atoms with Crippen LogP contribution in [0.1, 0.15) is 29.2 Å². The Morgan fingerprint density at radius 3 is 2.81 bits per heavy atom. The van der Waals surface area contributed by atoms with Crippen LogP contribution in [0.25, 0.3) is 0 Å². The van der Waals surface area contributed by atoms with Gasteiger partial charge in [0.2, 0.25) is 0 Å². The zero-order valence-corrected chi connectivity index (χ0v) is 11.9. The molecule has 21 heavy (non-hydrogen) atoms. The number of aliphatic hydroxyl groups excluding tert-OH is 1. The van der Waals surface area contributed by atoms with Gasteiger partial charge in [-0.25, -0.2) is 4.39 Å². The average molecular weight is 302 g/mol. The lowest BCUT2D eigenvalue weighted by atomic mass is 9.75. The van der Waals surface area contributed by atoms with Crippen LogP contribution in [0.3, 0.4) is 0 Å². The highest BCUT2D eigenvalue weighted by molar-refractivity contribution is 6.30. The third-order valence-corrected chi connectivity index (χ3v) is 4.44. The smallest absolute Gasteiger partial charge is 0.129 e. The maximum Gasteiger partial charge on any atom is 0.129 e. The van der Waals surface area contributed by atoms with E-state index in [1.165, 1.54) is 18.2 Å². The van der Waals surface area contributed by atoms with Crippen molar-refractivity contribution in [2.24, 2.45) is 0 Å². The molecule has 2 unspecified atom stereocenters. The first-order valence-corrected chi connectivity index (χ1v) is 7.09. The van der Waals surface area contributed by atoms with Crippen LogP contribution in [-0.2, 0) is 11.8 Å². The molecule has 1 aliphatic rings. The van der Waals surface area contributed by atoms with Gasteiger partial charge in [0.15, 0.2) is 0 Å². The van der Waals surface area contributed by atoms with E-state index >= 15 is 0 Å². The monoisotopic (exact) mass is 301 g/mol. The summed E-state index contributed by atoms with van der Waals surface area (Å²) in [5.74, 6) is -0.550. The van der Waals surface area contributed by atoms with E-state index in [9.17, 15) is 14.8 Å². The van der Waals surface area contributed by atoms with Gasteiger partial charge in [0.25, 0.3) is 0 Å². The Morgan fingerprint density at radius 2 is 2.05 bits per heavy atom. The summed E-state index contributed by atoms with van der Waals surface area (Å²) >= 11 is 5.90. The van der Waals surface area contributed by atoms with Gasteiger partial charge in [0.1, 0.15) is 17.3 Å². The third-order valence-electron chi connectivity index (χ3n) is 4.21. The second kappa shape index (κ2) is 5.14. The lowest BCUT2D eigenvalue weighted by molar-refractivity contribution is 0.107. The van der Waals surface area contributed by atoms with Crippen molar-refractivity contribution in [2.45, 2.75) is 24.4 Å². The number of nitriles is 1. The first-order chi connectivity index (χ1) is 10.1. The van der Waals surface area contributed by atoms with E-state index in [1.54, 1.807) is 0 Å². The summed E-state index contributed by atoms with van der Waals surface area (Å²) in [6, 6.07) is 13.8. The molecule has 0 saturated heterocycles. The highest BCUT2D eigenvalue weighted by Crippen LogP contribution is 2.47. The normalized spacial score (nSPS) is 21.6. The quantitative estimate of drug-likeness (QED) is 0.913. The standard InChI is InChI=1S/C17H13ClFNO/c18-12-5-6-15(19)13(9-12)16(21)17(10-20)8-7-11-3-1-2-4-14(11)17/h1-6,9,16,21H,7-8H2. The Bertz CT molecular complexity index is 740. The number of aliphatic hydroxyl groups is 1. The highest BCUT2D eigenvalue weighted by Gasteiger charge is 2.46. The van der Waals surface area contributed by atoms with Gasteiger partial charge in [-0.15, -0.1) is 0 Å². The average Bonchev–Trinajstić information content (AvgIpc) is 2.89. The molecule has 2 atom stereocenters. The summed E-state index contributed by atoms with van der Waals surface area (Å²) in [4.78, 5) is 0. The minimum absolute atomic E-state index is 0.0701. The fraction of sp³-hybridized carbons (Fsp3) is 0.235. The summed E-state index contributed by atoms with van der Waals surface area (Å²) in [6.45, 7) is 0. The van der Waals surface area contributed by atoms with Crippen molar-refractivity contribution in [3.63, 3.8) is 0 Å². The van der Waals surface area contributed by atoms with Crippen LogP contribution in [0.15, 0.2) is 42.5 Å². The van der Waals surface area contributed by atoms with Gasteiger partial charge in [0, 0.05) is 10.6 Å². The molecule has 0 heterocycles. The molecular weight excluding hydrogens is 289 g/mol. The Morgan fingerprint density at radius 1 is 1.29 bits per heavy atom. The fourth-order valence-corrected chi connectivity index (χ4v) is 3.27. The van der Waals surface area contributed by atoms with Gasteiger partial charge in [-0.3, -0.25) is 0 Å². The Labute approximate surface area is 127 Å². The summed E-state index contributed by atoms with van der Waals surface area (Å²) in [6.07, 6.45) is -0.0799. The first kappa shape index (κ1) is 14.1. The van der Waals surface area contributed by atoms with Crippen LogP contribution < -0.4 is 0 Å². The van der Waals surface area contributed by atoms with Crippen molar-refractivity contribution in [2.75, 3.05) is 0 Å². The highest BCUT2D eigenvalue weighted by atomic mass is 35.5. The molecule has 3 rings (SSSR count). The van der Waals surface area contributed by atoms with Crippen molar-refractivity contribution in [1.82, 2.24) is 0 Å². The van der Waals surface area contributed by atoms with Crippen molar-refractivity contribution in [3.05, 3.63) is 70.0 Å². The summed E-state index contributed by atoms with van der Waals surface area (Å²) in [5, 5.41) is 20.7. The molecule has 106 valence electrons. The predicted octanol–water partition coefficient (Wildman–Crippen LogP) is 3.92. The van der Waals surface area contributed by atoms with Gasteiger partial charge in [-0.05, 0) is 42.2 Å². The Hall–Kier alpha value is -1.89. The molecule has 1 aliphatic carbocycles.